The first-order valence-corrected chi connectivity index (χ1v) is 7.06. The minimum atomic E-state index is -0.147. The molecule has 0 atom stereocenters. The highest BCUT2D eigenvalue weighted by atomic mass is 16.5. The molecule has 1 aliphatic heterocycles. The van der Waals surface area contributed by atoms with E-state index in [0.717, 1.165) is 45.3 Å². The molecule has 0 unspecified atom stereocenters. The average Bonchev–Trinajstić information content (AvgIpc) is 2.34. The summed E-state index contributed by atoms with van der Waals surface area (Å²) in [4.78, 5) is 14.3. The Morgan fingerprint density at radius 1 is 1.28 bits per heavy atom. The van der Waals surface area contributed by atoms with E-state index in [4.69, 9.17) is 10.5 Å². The zero-order valence-corrected chi connectivity index (χ0v) is 11.7. The third-order valence-electron chi connectivity index (χ3n) is 4.99. The Hall–Kier alpha value is -0.610. The van der Waals surface area contributed by atoms with Gasteiger partial charge in [-0.3, -0.25) is 4.79 Å². The second-order valence-corrected chi connectivity index (χ2v) is 6.31. The minimum Gasteiger partial charge on any atom is -0.378 e. The maximum atomic E-state index is 12.3. The summed E-state index contributed by atoms with van der Waals surface area (Å²) in [5, 5.41) is 0. The predicted molar refractivity (Wildman–Crippen MR) is 71.2 cm³/mol. The summed E-state index contributed by atoms with van der Waals surface area (Å²) in [6.07, 6.45) is 5.85. The summed E-state index contributed by atoms with van der Waals surface area (Å²) in [7, 11) is 1.73. The number of methoxy groups -OCH3 is 1. The van der Waals surface area contributed by atoms with Gasteiger partial charge in [-0.2, -0.15) is 0 Å². The Bertz CT molecular complexity index is 299. The molecule has 1 amide bonds. The van der Waals surface area contributed by atoms with Gasteiger partial charge in [0, 0.05) is 20.2 Å². The van der Waals surface area contributed by atoms with E-state index in [0.29, 0.717) is 6.42 Å². The molecule has 1 heterocycles. The van der Waals surface area contributed by atoms with Crippen molar-refractivity contribution in [1.82, 2.24) is 4.90 Å². The topological polar surface area (TPSA) is 55.6 Å². The van der Waals surface area contributed by atoms with E-state index in [9.17, 15) is 4.79 Å². The molecule has 1 aliphatic carbocycles. The van der Waals surface area contributed by atoms with E-state index in [1.807, 2.05) is 4.90 Å². The second kappa shape index (κ2) is 5.17. The molecule has 1 saturated heterocycles. The molecule has 2 fully saturated rings. The Labute approximate surface area is 110 Å². The molecule has 4 nitrogen and oxygen atoms in total. The quantitative estimate of drug-likeness (QED) is 0.828. The van der Waals surface area contributed by atoms with Crippen LogP contribution in [-0.4, -0.2) is 43.2 Å². The van der Waals surface area contributed by atoms with Crippen LogP contribution in [0, 0.1) is 5.41 Å². The lowest BCUT2D eigenvalue weighted by Crippen LogP contribution is -2.49. The van der Waals surface area contributed by atoms with Crippen molar-refractivity contribution in [3.8, 4) is 0 Å². The monoisotopic (exact) mass is 254 g/mol. The van der Waals surface area contributed by atoms with Gasteiger partial charge in [0.1, 0.15) is 0 Å². The number of ether oxygens (including phenoxy) is 1. The van der Waals surface area contributed by atoms with Crippen LogP contribution in [-0.2, 0) is 9.53 Å². The lowest BCUT2D eigenvalue weighted by Gasteiger charge is -2.43. The van der Waals surface area contributed by atoms with E-state index in [-0.39, 0.29) is 16.9 Å². The SMILES string of the molecule is COC1(CC(=O)N2CCC(C)(CN)CC2)CCC1. The van der Waals surface area contributed by atoms with E-state index >= 15 is 0 Å². The smallest absolute Gasteiger partial charge is 0.225 e. The van der Waals surface area contributed by atoms with Crippen molar-refractivity contribution < 1.29 is 9.53 Å². The summed E-state index contributed by atoms with van der Waals surface area (Å²) in [6, 6.07) is 0. The summed E-state index contributed by atoms with van der Waals surface area (Å²) >= 11 is 0. The molecule has 0 aromatic carbocycles. The first-order valence-electron chi connectivity index (χ1n) is 7.06. The van der Waals surface area contributed by atoms with Gasteiger partial charge in [0.25, 0.3) is 0 Å². The molecule has 0 aromatic heterocycles. The van der Waals surface area contributed by atoms with Gasteiger partial charge in [0.05, 0.1) is 12.0 Å². The number of amides is 1. The Morgan fingerprint density at radius 2 is 1.89 bits per heavy atom. The molecule has 2 rings (SSSR count). The summed E-state index contributed by atoms with van der Waals surface area (Å²) in [5.74, 6) is 0.260. The number of rotatable bonds is 4. The summed E-state index contributed by atoms with van der Waals surface area (Å²) < 4.78 is 5.53. The van der Waals surface area contributed by atoms with Crippen LogP contribution < -0.4 is 5.73 Å². The Morgan fingerprint density at radius 3 is 2.28 bits per heavy atom. The number of carbonyl (C=O) groups excluding carboxylic acids is 1. The highest BCUT2D eigenvalue weighted by molar-refractivity contribution is 5.77. The van der Waals surface area contributed by atoms with Crippen molar-refractivity contribution >= 4 is 5.91 Å². The van der Waals surface area contributed by atoms with E-state index < -0.39 is 0 Å². The molecular formula is C14H26N2O2. The number of nitrogens with zero attached hydrogens (tertiary/aromatic N) is 1. The zero-order valence-electron chi connectivity index (χ0n) is 11.7. The lowest BCUT2D eigenvalue weighted by atomic mass is 9.76. The van der Waals surface area contributed by atoms with Crippen LogP contribution in [0.4, 0.5) is 0 Å². The van der Waals surface area contributed by atoms with E-state index in [1.54, 1.807) is 7.11 Å². The maximum absolute atomic E-state index is 12.3. The number of hydrogen-bond acceptors (Lipinski definition) is 3. The van der Waals surface area contributed by atoms with Gasteiger partial charge in [-0.05, 0) is 44.1 Å². The fourth-order valence-corrected chi connectivity index (χ4v) is 2.91. The molecule has 104 valence electrons. The molecule has 2 aliphatic rings. The fraction of sp³-hybridized carbons (Fsp3) is 0.929. The molecule has 18 heavy (non-hydrogen) atoms. The number of hydrogen-bond donors (Lipinski definition) is 1. The van der Waals surface area contributed by atoms with E-state index in [1.165, 1.54) is 6.42 Å². The van der Waals surface area contributed by atoms with Gasteiger partial charge in [-0.25, -0.2) is 0 Å². The molecular weight excluding hydrogens is 228 g/mol. The summed E-state index contributed by atoms with van der Waals surface area (Å²) in [6.45, 7) is 4.65. The van der Waals surface area contributed by atoms with Crippen LogP contribution in [0.1, 0.15) is 45.4 Å². The van der Waals surface area contributed by atoms with Crippen molar-refractivity contribution in [2.24, 2.45) is 11.1 Å². The number of likely N-dealkylation sites (tertiary alicyclic amines) is 1. The van der Waals surface area contributed by atoms with Crippen LogP contribution in [0.2, 0.25) is 0 Å². The van der Waals surface area contributed by atoms with Crippen molar-refractivity contribution in [3.63, 3.8) is 0 Å². The number of nitrogens with two attached hydrogens (primary N) is 1. The van der Waals surface area contributed by atoms with Gasteiger partial charge >= 0.3 is 0 Å². The highest BCUT2D eigenvalue weighted by Crippen LogP contribution is 2.39. The van der Waals surface area contributed by atoms with Crippen molar-refractivity contribution in [2.45, 2.75) is 51.0 Å². The molecule has 4 heteroatoms. The molecule has 0 spiro atoms. The van der Waals surface area contributed by atoms with Gasteiger partial charge in [0.15, 0.2) is 0 Å². The van der Waals surface area contributed by atoms with Crippen molar-refractivity contribution in [3.05, 3.63) is 0 Å². The van der Waals surface area contributed by atoms with Gasteiger partial charge in [-0.1, -0.05) is 6.92 Å². The predicted octanol–water partition coefficient (Wildman–Crippen LogP) is 1.53. The van der Waals surface area contributed by atoms with Crippen LogP contribution in [0.5, 0.6) is 0 Å². The molecule has 1 saturated carbocycles. The molecule has 2 N–H and O–H groups in total. The third-order valence-corrected chi connectivity index (χ3v) is 4.99. The first-order chi connectivity index (χ1) is 8.52. The van der Waals surface area contributed by atoms with Crippen LogP contribution in [0.25, 0.3) is 0 Å². The molecule has 0 aromatic rings. The maximum Gasteiger partial charge on any atom is 0.225 e. The van der Waals surface area contributed by atoms with Crippen LogP contribution >= 0.6 is 0 Å². The van der Waals surface area contributed by atoms with Crippen molar-refractivity contribution in [2.75, 3.05) is 26.7 Å². The highest BCUT2D eigenvalue weighted by Gasteiger charge is 2.41. The lowest BCUT2D eigenvalue weighted by molar-refractivity contribution is -0.146. The molecule has 0 bridgehead atoms. The number of piperidine rings is 1. The minimum absolute atomic E-state index is 0.147. The first kappa shape index (κ1) is 13.8. The molecule has 0 radical (unpaired) electrons. The zero-order chi connectivity index (χ0) is 13.2. The van der Waals surface area contributed by atoms with Crippen LogP contribution in [0.15, 0.2) is 0 Å². The average molecular weight is 254 g/mol. The van der Waals surface area contributed by atoms with Gasteiger partial charge < -0.3 is 15.4 Å². The Balaban J connectivity index is 1.84. The van der Waals surface area contributed by atoms with Crippen LogP contribution in [0.3, 0.4) is 0 Å². The largest absolute Gasteiger partial charge is 0.378 e. The normalized spacial score (nSPS) is 25.6. The third kappa shape index (κ3) is 2.69. The standard InChI is InChI=1S/C14H26N2O2/c1-13(11-15)6-8-16(9-7-13)12(17)10-14(18-2)4-3-5-14/h3-11,15H2,1-2H3. The van der Waals surface area contributed by atoms with Gasteiger partial charge in [-0.15, -0.1) is 0 Å². The second-order valence-electron chi connectivity index (χ2n) is 6.31. The fourth-order valence-electron chi connectivity index (χ4n) is 2.91. The number of carbonyl (C=O) groups is 1. The van der Waals surface area contributed by atoms with Gasteiger partial charge in [0.2, 0.25) is 5.91 Å². The van der Waals surface area contributed by atoms with Crippen molar-refractivity contribution in [1.29, 1.82) is 0 Å². The Kier molecular flexibility index (Phi) is 3.97. The van der Waals surface area contributed by atoms with E-state index in [2.05, 4.69) is 6.92 Å². The summed E-state index contributed by atoms with van der Waals surface area (Å²) in [5.41, 5.74) is 5.87.